The molecule has 1 nitrogen and oxygen atoms in total. The summed E-state index contributed by atoms with van der Waals surface area (Å²) in [6, 6.07) is 49.3. The van der Waals surface area contributed by atoms with Crippen LogP contribution in [-0.4, -0.2) is 4.98 Å². The van der Waals surface area contributed by atoms with E-state index in [0.717, 1.165) is 22.2 Å². The minimum atomic E-state index is -2.29. The molecule has 1 atom stereocenters. The molecule has 0 aliphatic rings. The number of benzene rings is 6. The van der Waals surface area contributed by atoms with Gasteiger partial charge in [0.15, 0.2) is 0 Å². The van der Waals surface area contributed by atoms with Crippen molar-refractivity contribution < 1.29 is 0 Å². The first-order valence-electron chi connectivity index (χ1n) is 12.8. The van der Waals surface area contributed by atoms with Gasteiger partial charge in [-0.15, -0.1) is 0 Å². The Labute approximate surface area is 227 Å². The molecule has 0 aliphatic heterocycles. The van der Waals surface area contributed by atoms with Crippen molar-refractivity contribution >= 4 is 66.2 Å². The number of rotatable bonds is 4. The van der Waals surface area contributed by atoms with Crippen LogP contribution in [0.4, 0.5) is 0 Å². The summed E-state index contributed by atoms with van der Waals surface area (Å²) in [4.78, 5) is 5.11. The fourth-order valence-electron chi connectivity index (χ4n) is 5.41. The smallest absolute Gasteiger partial charge is 0.0787 e. The molecule has 180 valence electrons. The second-order valence-corrected chi connectivity index (χ2v) is 13.9. The van der Waals surface area contributed by atoms with E-state index in [1.807, 2.05) is 0 Å². The maximum atomic E-state index is 6.70. The van der Waals surface area contributed by atoms with Gasteiger partial charge in [-0.25, -0.2) is 4.98 Å². The molecule has 38 heavy (non-hydrogen) atoms. The van der Waals surface area contributed by atoms with Gasteiger partial charge in [0.1, 0.15) is 0 Å². The van der Waals surface area contributed by atoms with Crippen LogP contribution in [0.1, 0.15) is 0 Å². The molecule has 1 heterocycles. The van der Waals surface area contributed by atoms with Gasteiger partial charge < -0.3 is 0 Å². The highest BCUT2D eigenvalue weighted by atomic mass is 32.4. The molecule has 0 saturated carbocycles. The molecule has 0 N–H and O–H groups in total. The van der Waals surface area contributed by atoms with Crippen LogP contribution in [-0.2, 0) is 11.8 Å². The van der Waals surface area contributed by atoms with E-state index >= 15 is 0 Å². The number of nitrogens with zero attached hydrogens (tertiary/aromatic N) is 1. The van der Waals surface area contributed by atoms with Crippen molar-refractivity contribution in [3.63, 3.8) is 0 Å². The third-order valence-corrected chi connectivity index (χ3v) is 12.3. The molecule has 0 radical (unpaired) electrons. The van der Waals surface area contributed by atoms with Crippen LogP contribution in [0, 0.1) is 0 Å². The van der Waals surface area contributed by atoms with E-state index in [9.17, 15) is 0 Å². The molecular weight excluding hydrogens is 497 g/mol. The molecule has 1 unspecified atom stereocenters. The molecule has 1 aromatic heterocycles. The molecule has 0 amide bonds. The average molecular weight is 522 g/mol. The summed E-state index contributed by atoms with van der Waals surface area (Å²) in [5.41, 5.74) is 3.10. The summed E-state index contributed by atoms with van der Waals surface area (Å²) >= 11 is 6.70. The van der Waals surface area contributed by atoms with Crippen molar-refractivity contribution in [2.45, 2.75) is 0 Å². The predicted molar refractivity (Wildman–Crippen MR) is 168 cm³/mol. The molecule has 3 heteroatoms. The number of pyridine rings is 1. The van der Waals surface area contributed by atoms with Gasteiger partial charge in [0.25, 0.3) is 0 Å². The molecule has 0 bridgehead atoms. The normalized spacial score (nSPS) is 13.1. The van der Waals surface area contributed by atoms with Gasteiger partial charge in [0.2, 0.25) is 0 Å². The SMILES string of the molecule is S=P(c1ccccc1)(c1ccc(-c2ccc3ccc4ccccc4c3n2)cc1)c1cccc2ccccc12. The van der Waals surface area contributed by atoms with Gasteiger partial charge in [-0.3, -0.25) is 0 Å². The van der Waals surface area contributed by atoms with Crippen LogP contribution in [0.15, 0.2) is 146 Å². The van der Waals surface area contributed by atoms with Crippen LogP contribution >= 0.6 is 6.04 Å². The van der Waals surface area contributed by atoms with Gasteiger partial charge in [0, 0.05) is 27.7 Å². The number of aromatic nitrogens is 1. The lowest BCUT2D eigenvalue weighted by molar-refractivity contribution is 1.41. The third kappa shape index (κ3) is 3.77. The first-order chi connectivity index (χ1) is 18.7. The second kappa shape index (κ2) is 9.33. The van der Waals surface area contributed by atoms with E-state index in [4.69, 9.17) is 16.8 Å². The van der Waals surface area contributed by atoms with E-state index in [0.29, 0.717) is 0 Å². The van der Waals surface area contributed by atoms with Crippen LogP contribution in [0.5, 0.6) is 0 Å². The highest BCUT2D eigenvalue weighted by molar-refractivity contribution is 8.25. The van der Waals surface area contributed by atoms with Gasteiger partial charge in [-0.05, 0) is 32.8 Å². The zero-order valence-electron chi connectivity index (χ0n) is 20.7. The monoisotopic (exact) mass is 521 g/mol. The second-order valence-electron chi connectivity index (χ2n) is 9.54. The Balaban J connectivity index is 1.38. The number of fused-ring (bicyclic) bond motifs is 4. The lowest BCUT2D eigenvalue weighted by atomic mass is 10.0. The molecule has 0 spiro atoms. The highest BCUT2D eigenvalue weighted by Crippen LogP contribution is 2.45. The fraction of sp³-hybridized carbons (Fsp3) is 0. The molecule has 6 aromatic carbocycles. The zero-order valence-corrected chi connectivity index (χ0v) is 22.4. The van der Waals surface area contributed by atoms with Crippen LogP contribution in [0.25, 0.3) is 43.7 Å². The number of hydrogen-bond donors (Lipinski definition) is 0. The van der Waals surface area contributed by atoms with Gasteiger partial charge in [-0.1, -0.05) is 151 Å². The van der Waals surface area contributed by atoms with E-state index in [-0.39, 0.29) is 0 Å². The summed E-state index contributed by atoms with van der Waals surface area (Å²) in [6.07, 6.45) is 0. The molecule has 7 aromatic rings. The molecule has 0 aliphatic carbocycles. The van der Waals surface area contributed by atoms with Crippen molar-refractivity contribution in [2.75, 3.05) is 0 Å². The lowest BCUT2D eigenvalue weighted by Crippen LogP contribution is -2.25. The van der Waals surface area contributed by atoms with E-state index in [1.54, 1.807) is 0 Å². The maximum absolute atomic E-state index is 6.70. The summed E-state index contributed by atoms with van der Waals surface area (Å²) in [5.74, 6) is 0. The van der Waals surface area contributed by atoms with Gasteiger partial charge in [-0.2, -0.15) is 0 Å². The Kier molecular flexibility index (Phi) is 5.66. The third-order valence-electron chi connectivity index (χ3n) is 7.34. The minimum Gasteiger partial charge on any atom is -0.247 e. The first-order valence-corrected chi connectivity index (χ1v) is 15.6. The van der Waals surface area contributed by atoms with E-state index in [1.165, 1.54) is 37.5 Å². The summed E-state index contributed by atoms with van der Waals surface area (Å²) in [6.45, 7) is 0. The highest BCUT2D eigenvalue weighted by Gasteiger charge is 2.26. The number of hydrogen-bond acceptors (Lipinski definition) is 2. The van der Waals surface area contributed by atoms with Crippen molar-refractivity contribution in [1.82, 2.24) is 4.98 Å². The van der Waals surface area contributed by atoms with Gasteiger partial charge >= 0.3 is 0 Å². The Hall–Kier alpha value is -4.10. The summed E-state index contributed by atoms with van der Waals surface area (Å²) < 4.78 is 0. The van der Waals surface area contributed by atoms with E-state index in [2.05, 4.69) is 146 Å². The van der Waals surface area contributed by atoms with Crippen LogP contribution in [0.2, 0.25) is 0 Å². The Morgan fingerprint density at radius 3 is 1.82 bits per heavy atom. The molecule has 0 saturated heterocycles. The molecule has 0 fully saturated rings. The Morgan fingerprint density at radius 2 is 1.03 bits per heavy atom. The predicted octanol–water partition coefficient (Wildman–Crippen LogP) is 7.96. The Bertz CT molecular complexity index is 1990. The molecular formula is C35H24NPS. The summed E-state index contributed by atoms with van der Waals surface area (Å²) in [7, 11) is 0. The topological polar surface area (TPSA) is 12.9 Å². The largest absolute Gasteiger partial charge is 0.247 e. The van der Waals surface area contributed by atoms with E-state index < -0.39 is 6.04 Å². The summed E-state index contributed by atoms with van der Waals surface area (Å²) in [5, 5.41) is 9.62. The van der Waals surface area contributed by atoms with Crippen molar-refractivity contribution in [1.29, 1.82) is 0 Å². The average Bonchev–Trinajstić information content (AvgIpc) is 3.00. The molecule has 7 rings (SSSR count). The maximum Gasteiger partial charge on any atom is 0.0787 e. The first kappa shape index (κ1) is 23.0. The lowest BCUT2D eigenvalue weighted by Gasteiger charge is -2.25. The van der Waals surface area contributed by atoms with Gasteiger partial charge in [0.05, 0.1) is 11.2 Å². The fourth-order valence-corrected chi connectivity index (χ4v) is 9.47. The quantitative estimate of drug-likeness (QED) is 0.172. The van der Waals surface area contributed by atoms with Crippen molar-refractivity contribution in [3.8, 4) is 11.3 Å². The van der Waals surface area contributed by atoms with Crippen molar-refractivity contribution in [3.05, 3.63) is 146 Å². The minimum absolute atomic E-state index is 0.971. The standard InChI is InChI=1S/C35H24NPS/c38-37(29-12-2-1-3-13-29,34-16-8-11-25-9-4-6-14-31(25)34)30-22-19-27(20-23-30)33-24-21-28-18-17-26-10-5-7-15-32(26)35(28)36-33/h1-24H. The Morgan fingerprint density at radius 1 is 0.447 bits per heavy atom. The van der Waals surface area contributed by atoms with Crippen LogP contribution < -0.4 is 15.9 Å². The van der Waals surface area contributed by atoms with Crippen LogP contribution in [0.3, 0.4) is 0 Å². The zero-order chi connectivity index (χ0) is 25.5. The van der Waals surface area contributed by atoms with Crippen molar-refractivity contribution in [2.24, 2.45) is 0 Å².